The Hall–Kier alpha value is -1.95. The van der Waals surface area contributed by atoms with Crippen LogP contribution in [0.15, 0.2) is 18.2 Å². The highest BCUT2D eigenvalue weighted by Gasteiger charge is 2.20. The second-order valence-electron chi connectivity index (χ2n) is 4.66. The molecule has 6 nitrogen and oxygen atoms in total. The molecule has 19 heavy (non-hydrogen) atoms. The summed E-state index contributed by atoms with van der Waals surface area (Å²) in [5.41, 5.74) is 6.95. The van der Waals surface area contributed by atoms with E-state index in [1.54, 1.807) is 13.0 Å². The lowest BCUT2D eigenvalue weighted by Crippen LogP contribution is -2.40. The van der Waals surface area contributed by atoms with Gasteiger partial charge in [-0.1, -0.05) is 26.3 Å². The standard InChI is InChI=1S/C13H19N3O3/c1-4-8(2)12(14)13(17)15-11-7-10(16(18)19)6-5-9(11)3/h5-8,12H,4,14H2,1-3H3,(H,15,17)/t8-,12-/m0/s1. The number of nitro groups is 1. The number of benzene rings is 1. The van der Waals surface area contributed by atoms with E-state index >= 15 is 0 Å². The van der Waals surface area contributed by atoms with Gasteiger partial charge in [-0.15, -0.1) is 0 Å². The molecule has 1 aromatic rings. The molecular weight excluding hydrogens is 246 g/mol. The van der Waals surface area contributed by atoms with Gasteiger partial charge >= 0.3 is 0 Å². The van der Waals surface area contributed by atoms with Crippen LogP contribution in [0.3, 0.4) is 0 Å². The van der Waals surface area contributed by atoms with E-state index in [-0.39, 0.29) is 17.5 Å². The van der Waals surface area contributed by atoms with Crippen molar-refractivity contribution in [2.45, 2.75) is 33.2 Å². The van der Waals surface area contributed by atoms with Gasteiger partial charge in [0.05, 0.1) is 16.7 Å². The van der Waals surface area contributed by atoms with Gasteiger partial charge in [0.15, 0.2) is 0 Å². The van der Waals surface area contributed by atoms with Gasteiger partial charge in [0.25, 0.3) is 5.69 Å². The lowest BCUT2D eigenvalue weighted by atomic mass is 9.99. The van der Waals surface area contributed by atoms with Crippen LogP contribution in [-0.4, -0.2) is 16.9 Å². The Morgan fingerprint density at radius 2 is 2.16 bits per heavy atom. The van der Waals surface area contributed by atoms with Gasteiger partial charge in [-0.3, -0.25) is 14.9 Å². The zero-order valence-electron chi connectivity index (χ0n) is 11.3. The van der Waals surface area contributed by atoms with E-state index in [9.17, 15) is 14.9 Å². The Labute approximate surface area is 112 Å². The van der Waals surface area contributed by atoms with Crippen LogP contribution in [0.25, 0.3) is 0 Å². The molecule has 0 aromatic heterocycles. The van der Waals surface area contributed by atoms with Crippen molar-refractivity contribution in [2.24, 2.45) is 11.7 Å². The maximum atomic E-state index is 11.9. The molecule has 0 bridgehead atoms. The summed E-state index contributed by atoms with van der Waals surface area (Å²) in [6.07, 6.45) is 0.794. The molecule has 1 amide bonds. The third-order valence-electron chi connectivity index (χ3n) is 3.25. The van der Waals surface area contributed by atoms with E-state index in [0.29, 0.717) is 5.69 Å². The molecular formula is C13H19N3O3. The number of hydrogen-bond donors (Lipinski definition) is 2. The average molecular weight is 265 g/mol. The quantitative estimate of drug-likeness (QED) is 0.630. The predicted molar refractivity (Wildman–Crippen MR) is 73.9 cm³/mol. The van der Waals surface area contributed by atoms with Gasteiger partial charge in [0.2, 0.25) is 5.91 Å². The van der Waals surface area contributed by atoms with Crippen LogP contribution in [0.2, 0.25) is 0 Å². The first kappa shape index (κ1) is 15.1. The number of carbonyl (C=O) groups is 1. The summed E-state index contributed by atoms with van der Waals surface area (Å²) in [7, 11) is 0. The second-order valence-corrected chi connectivity index (χ2v) is 4.66. The highest BCUT2D eigenvalue weighted by molar-refractivity contribution is 5.95. The molecule has 0 saturated heterocycles. The van der Waals surface area contributed by atoms with E-state index in [0.717, 1.165) is 12.0 Å². The summed E-state index contributed by atoms with van der Waals surface area (Å²) in [6, 6.07) is 3.72. The van der Waals surface area contributed by atoms with Crippen molar-refractivity contribution in [1.29, 1.82) is 0 Å². The lowest BCUT2D eigenvalue weighted by molar-refractivity contribution is -0.384. The highest BCUT2D eigenvalue weighted by Crippen LogP contribution is 2.22. The van der Waals surface area contributed by atoms with Gasteiger partial charge in [0, 0.05) is 12.1 Å². The van der Waals surface area contributed by atoms with E-state index in [2.05, 4.69) is 5.32 Å². The molecule has 0 aliphatic rings. The number of nitro benzene ring substituents is 1. The first-order valence-electron chi connectivity index (χ1n) is 6.18. The minimum Gasteiger partial charge on any atom is -0.324 e. The van der Waals surface area contributed by atoms with E-state index < -0.39 is 11.0 Å². The predicted octanol–water partition coefficient (Wildman–Crippen LogP) is 2.22. The second kappa shape index (κ2) is 6.29. The molecule has 1 rings (SSSR count). The lowest BCUT2D eigenvalue weighted by Gasteiger charge is -2.18. The number of hydrogen-bond acceptors (Lipinski definition) is 4. The zero-order valence-corrected chi connectivity index (χ0v) is 11.3. The fraction of sp³-hybridized carbons (Fsp3) is 0.462. The summed E-state index contributed by atoms with van der Waals surface area (Å²) in [5, 5.41) is 13.4. The summed E-state index contributed by atoms with van der Waals surface area (Å²) < 4.78 is 0. The minimum absolute atomic E-state index is 0.0546. The van der Waals surface area contributed by atoms with Crippen LogP contribution in [-0.2, 0) is 4.79 Å². The number of anilines is 1. The molecule has 0 aliphatic carbocycles. The smallest absolute Gasteiger partial charge is 0.271 e. The van der Waals surface area contributed by atoms with E-state index in [1.807, 2.05) is 13.8 Å². The molecule has 0 spiro atoms. The van der Waals surface area contributed by atoms with Crippen LogP contribution in [0.4, 0.5) is 11.4 Å². The molecule has 0 saturated carbocycles. The van der Waals surface area contributed by atoms with Gasteiger partial charge in [-0.05, 0) is 18.4 Å². The van der Waals surface area contributed by atoms with Crippen LogP contribution < -0.4 is 11.1 Å². The van der Waals surface area contributed by atoms with Gasteiger partial charge in [-0.2, -0.15) is 0 Å². The maximum absolute atomic E-state index is 11.9. The number of carbonyl (C=O) groups excluding carboxylic acids is 1. The van der Waals surface area contributed by atoms with Crippen LogP contribution in [0.1, 0.15) is 25.8 Å². The van der Waals surface area contributed by atoms with Gasteiger partial charge in [-0.25, -0.2) is 0 Å². The average Bonchev–Trinajstić information content (AvgIpc) is 2.38. The Balaban J connectivity index is 2.90. The molecule has 104 valence electrons. The summed E-state index contributed by atoms with van der Waals surface area (Å²) in [5.74, 6) is -0.267. The third kappa shape index (κ3) is 3.75. The normalized spacial score (nSPS) is 13.7. The summed E-state index contributed by atoms with van der Waals surface area (Å²) in [6.45, 7) is 5.62. The Morgan fingerprint density at radius 1 is 1.53 bits per heavy atom. The van der Waals surface area contributed by atoms with Crippen molar-refractivity contribution < 1.29 is 9.72 Å². The Morgan fingerprint density at radius 3 is 2.68 bits per heavy atom. The number of nitrogens with zero attached hydrogens (tertiary/aromatic N) is 1. The highest BCUT2D eigenvalue weighted by atomic mass is 16.6. The fourth-order valence-electron chi connectivity index (χ4n) is 1.59. The van der Waals surface area contributed by atoms with Crippen molar-refractivity contribution in [1.82, 2.24) is 0 Å². The summed E-state index contributed by atoms with van der Waals surface area (Å²) >= 11 is 0. The monoisotopic (exact) mass is 265 g/mol. The number of nitrogens with one attached hydrogen (secondary N) is 1. The molecule has 1 aromatic carbocycles. The van der Waals surface area contributed by atoms with Gasteiger partial charge in [0.1, 0.15) is 0 Å². The van der Waals surface area contributed by atoms with Crippen LogP contribution in [0.5, 0.6) is 0 Å². The molecule has 0 fully saturated rings. The van der Waals surface area contributed by atoms with E-state index in [4.69, 9.17) is 5.73 Å². The number of aryl methyl sites for hydroxylation is 1. The summed E-state index contributed by atoms with van der Waals surface area (Å²) in [4.78, 5) is 22.2. The fourth-order valence-corrected chi connectivity index (χ4v) is 1.59. The van der Waals surface area contributed by atoms with Crippen molar-refractivity contribution in [3.63, 3.8) is 0 Å². The minimum atomic E-state index is -0.622. The molecule has 3 N–H and O–H groups in total. The van der Waals surface area contributed by atoms with Crippen LogP contribution >= 0.6 is 0 Å². The Kier molecular flexibility index (Phi) is 5.00. The Bertz CT molecular complexity index is 488. The number of rotatable bonds is 5. The van der Waals surface area contributed by atoms with Crippen LogP contribution in [0, 0.1) is 23.0 Å². The molecule has 0 unspecified atom stereocenters. The molecule has 6 heteroatoms. The van der Waals surface area contributed by atoms with Gasteiger partial charge < -0.3 is 11.1 Å². The largest absolute Gasteiger partial charge is 0.324 e. The number of non-ortho nitro benzene ring substituents is 1. The SMILES string of the molecule is CC[C@H](C)[C@H](N)C(=O)Nc1cc([N+](=O)[O-])ccc1C. The maximum Gasteiger partial charge on any atom is 0.271 e. The van der Waals surface area contributed by atoms with E-state index in [1.165, 1.54) is 12.1 Å². The topological polar surface area (TPSA) is 98.3 Å². The van der Waals surface area contributed by atoms with Crippen molar-refractivity contribution in [3.05, 3.63) is 33.9 Å². The van der Waals surface area contributed by atoms with Crippen molar-refractivity contribution >= 4 is 17.3 Å². The molecule has 0 radical (unpaired) electrons. The number of nitrogens with two attached hydrogens (primary N) is 1. The molecule has 2 atom stereocenters. The first-order chi connectivity index (χ1) is 8.86. The van der Waals surface area contributed by atoms with Crippen molar-refractivity contribution in [3.8, 4) is 0 Å². The first-order valence-corrected chi connectivity index (χ1v) is 6.18. The zero-order chi connectivity index (χ0) is 14.6. The molecule has 0 aliphatic heterocycles. The molecule has 0 heterocycles. The third-order valence-corrected chi connectivity index (χ3v) is 3.25. The van der Waals surface area contributed by atoms with Crippen molar-refractivity contribution in [2.75, 3.05) is 5.32 Å². The number of amides is 1.